The first-order chi connectivity index (χ1) is 10.9. The zero-order valence-electron chi connectivity index (χ0n) is 13.9. The van der Waals surface area contributed by atoms with E-state index in [0.29, 0.717) is 31.9 Å². The number of benzene rings is 1. The molecule has 2 rings (SSSR count). The van der Waals surface area contributed by atoms with Gasteiger partial charge in [0.05, 0.1) is 5.69 Å². The molecule has 6 heteroatoms. The van der Waals surface area contributed by atoms with E-state index >= 15 is 0 Å². The number of carbonyl (C=O) groups is 2. The smallest absolute Gasteiger partial charge is 0.245 e. The van der Waals surface area contributed by atoms with Gasteiger partial charge in [0, 0.05) is 33.1 Å². The van der Waals surface area contributed by atoms with Crippen molar-refractivity contribution in [1.82, 2.24) is 10.2 Å². The molecule has 5 nitrogen and oxygen atoms in total. The van der Waals surface area contributed by atoms with Crippen LogP contribution in [-0.4, -0.2) is 48.9 Å². The lowest BCUT2D eigenvalue weighted by molar-refractivity contribution is -0.137. The molecule has 1 aliphatic heterocycles. The molecule has 2 amide bonds. The first-order valence-electron chi connectivity index (χ1n) is 7.95. The summed E-state index contributed by atoms with van der Waals surface area (Å²) in [6, 6.07) is 6.16. The molecule has 0 aliphatic carbocycles. The van der Waals surface area contributed by atoms with Crippen molar-refractivity contribution >= 4 is 17.5 Å². The highest BCUT2D eigenvalue weighted by atomic mass is 19.1. The van der Waals surface area contributed by atoms with Crippen LogP contribution in [0.15, 0.2) is 24.3 Å². The number of hydrogen-bond donors (Lipinski definition) is 1. The molecule has 0 saturated carbocycles. The molecule has 0 aromatic heterocycles. The standard InChI is InChI=1S/C17H24FN3O2/c1-12(2)16(19-13(3)22)17(23)21-10-8-20(9-11-21)15-7-5-4-6-14(15)18/h4-7,12,16H,8-11H2,1-3H3,(H,19,22)/t16-/m1/s1. The zero-order chi connectivity index (χ0) is 17.0. The van der Waals surface area contributed by atoms with E-state index in [4.69, 9.17) is 0 Å². The summed E-state index contributed by atoms with van der Waals surface area (Å²) in [5.41, 5.74) is 0.571. The molecule has 0 radical (unpaired) electrons. The molecule has 1 aliphatic rings. The van der Waals surface area contributed by atoms with Crippen molar-refractivity contribution in [1.29, 1.82) is 0 Å². The van der Waals surface area contributed by atoms with E-state index in [9.17, 15) is 14.0 Å². The molecule has 126 valence electrons. The number of hydrogen-bond acceptors (Lipinski definition) is 3. The van der Waals surface area contributed by atoms with E-state index in [1.807, 2.05) is 24.8 Å². The number of para-hydroxylation sites is 1. The van der Waals surface area contributed by atoms with Crippen molar-refractivity contribution in [2.75, 3.05) is 31.1 Å². The minimum absolute atomic E-state index is 0.0241. The monoisotopic (exact) mass is 321 g/mol. The van der Waals surface area contributed by atoms with E-state index in [1.165, 1.54) is 13.0 Å². The number of rotatable bonds is 4. The molecule has 0 unspecified atom stereocenters. The number of amides is 2. The fourth-order valence-corrected chi connectivity index (χ4v) is 2.81. The van der Waals surface area contributed by atoms with Gasteiger partial charge in [0.1, 0.15) is 11.9 Å². The topological polar surface area (TPSA) is 52.7 Å². The first-order valence-corrected chi connectivity index (χ1v) is 7.95. The second kappa shape index (κ2) is 7.44. The maximum Gasteiger partial charge on any atom is 0.245 e. The Morgan fingerprint density at radius 1 is 1.13 bits per heavy atom. The van der Waals surface area contributed by atoms with Crippen molar-refractivity contribution in [3.63, 3.8) is 0 Å². The van der Waals surface area contributed by atoms with Crippen LogP contribution in [0, 0.1) is 11.7 Å². The van der Waals surface area contributed by atoms with Gasteiger partial charge in [-0.2, -0.15) is 0 Å². The Morgan fingerprint density at radius 2 is 1.74 bits per heavy atom. The van der Waals surface area contributed by atoms with E-state index in [-0.39, 0.29) is 23.5 Å². The lowest BCUT2D eigenvalue weighted by Crippen LogP contribution is -2.56. The Balaban J connectivity index is 1.99. The fraction of sp³-hybridized carbons (Fsp3) is 0.529. The normalized spacial score (nSPS) is 16.4. The van der Waals surface area contributed by atoms with Gasteiger partial charge >= 0.3 is 0 Å². The van der Waals surface area contributed by atoms with Crippen molar-refractivity contribution < 1.29 is 14.0 Å². The van der Waals surface area contributed by atoms with Crippen molar-refractivity contribution in [3.05, 3.63) is 30.1 Å². The molecule has 1 heterocycles. The number of carbonyl (C=O) groups excluding carboxylic acids is 2. The highest BCUT2D eigenvalue weighted by Crippen LogP contribution is 2.20. The van der Waals surface area contributed by atoms with E-state index < -0.39 is 6.04 Å². The molecule has 1 aromatic rings. The Hall–Kier alpha value is -2.11. The quantitative estimate of drug-likeness (QED) is 0.917. The summed E-state index contributed by atoms with van der Waals surface area (Å²) in [6.07, 6.45) is 0. The van der Waals surface area contributed by atoms with Gasteiger partial charge in [0.15, 0.2) is 0 Å². The van der Waals surface area contributed by atoms with Crippen LogP contribution < -0.4 is 10.2 Å². The second-order valence-electron chi connectivity index (χ2n) is 6.19. The van der Waals surface area contributed by atoms with Gasteiger partial charge in [-0.1, -0.05) is 26.0 Å². The third-order valence-corrected chi connectivity index (χ3v) is 4.08. The van der Waals surface area contributed by atoms with Gasteiger partial charge < -0.3 is 15.1 Å². The van der Waals surface area contributed by atoms with Gasteiger partial charge in [-0.3, -0.25) is 9.59 Å². The first kappa shape index (κ1) is 17.2. The van der Waals surface area contributed by atoms with E-state index in [1.54, 1.807) is 17.0 Å². The van der Waals surface area contributed by atoms with Crippen LogP contribution in [0.4, 0.5) is 10.1 Å². The summed E-state index contributed by atoms with van der Waals surface area (Å²) in [6.45, 7) is 7.45. The van der Waals surface area contributed by atoms with Crippen LogP contribution in [-0.2, 0) is 9.59 Å². The molecule has 0 bridgehead atoms. The number of halogens is 1. The molecule has 1 N–H and O–H groups in total. The van der Waals surface area contributed by atoms with Gasteiger partial charge in [-0.15, -0.1) is 0 Å². The largest absolute Gasteiger partial charge is 0.366 e. The molecular weight excluding hydrogens is 297 g/mol. The summed E-state index contributed by atoms with van der Waals surface area (Å²) in [7, 11) is 0. The minimum atomic E-state index is -0.507. The van der Waals surface area contributed by atoms with Crippen molar-refractivity contribution in [3.8, 4) is 0 Å². The van der Waals surface area contributed by atoms with Crippen molar-refractivity contribution in [2.24, 2.45) is 5.92 Å². The summed E-state index contributed by atoms with van der Waals surface area (Å²) < 4.78 is 13.8. The SMILES string of the molecule is CC(=O)N[C@@H](C(=O)N1CCN(c2ccccc2F)CC1)C(C)C. The summed E-state index contributed by atoms with van der Waals surface area (Å²) >= 11 is 0. The molecule has 1 aromatic carbocycles. The summed E-state index contributed by atoms with van der Waals surface area (Å²) in [5, 5.41) is 2.72. The van der Waals surface area contributed by atoms with Gasteiger partial charge in [-0.05, 0) is 18.1 Å². The Morgan fingerprint density at radius 3 is 2.26 bits per heavy atom. The second-order valence-corrected chi connectivity index (χ2v) is 6.19. The van der Waals surface area contributed by atoms with E-state index in [2.05, 4.69) is 5.32 Å². The highest BCUT2D eigenvalue weighted by molar-refractivity contribution is 5.87. The maximum atomic E-state index is 13.8. The van der Waals surface area contributed by atoms with Crippen molar-refractivity contribution in [2.45, 2.75) is 26.8 Å². The third kappa shape index (κ3) is 4.21. The average molecular weight is 321 g/mol. The van der Waals surface area contributed by atoms with Gasteiger partial charge in [-0.25, -0.2) is 4.39 Å². The fourth-order valence-electron chi connectivity index (χ4n) is 2.81. The van der Waals surface area contributed by atoms with Crippen LogP contribution in [0.5, 0.6) is 0 Å². The number of piperazine rings is 1. The molecule has 1 fully saturated rings. The summed E-state index contributed by atoms with van der Waals surface area (Å²) in [4.78, 5) is 27.6. The van der Waals surface area contributed by atoms with E-state index in [0.717, 1.165) is 0 Å². The van der Waals surface area contributed by atoms with Gasteiger partial charge in [0.2, 0.25) is 11.8 Å². The predicted octanol–water partition coefficient (Wildman–Crippen LogP) is 1.64. The zero-order valence-corrected chi connectivity index (χ0v) is 13.9. The maximum absolute atomic E-state index is 13.8. The van der Waals surface area contributed by atoms with Gasteiger partial charge in [0.25, 0.3) is 0 Å². The number of nitrogens with one attached hydrogen (secondary N) is 1. The van der Waals surface area contributed by atoms with Crippen LogP contribution >= 0.6 is 0 Å². The van der Waals surface area contributed by atoms with Crippen LogP contribution in [0.3, 0.4) is 0 Å². The summed E-state index contributed by atoms with van der Waals surface area (Å²) in [5.74, 6) is -0.494. The van der Waals surface area contributed by atoms with Crippen LogP contribution in [0.1, 0.15) is 20.8 Å². The minimum Gasteiger partial charge on any atom is -0.366 e. The molecular formula is C17H24FN3O2. The average Bonchev–Trinajstić information content (AvgIpc) is 2.52. The number of nitrogens with zero attached hydrogens (tertiary/aromatic N) is 2. The lowest BCUT2D eigenvalue weighted by atomic mass is 10.0. The highest BCUT2D eigenvalue weighted by Gasteiger charge is 2.30. The molecule has 23 heavy (non-hydrogen) atoms. The Labute approximate surface area is 136 Å². The van der Waals surface area contributed by atoms with Crippen LogP contribution in [0.2, 0.25) is 0 Å². The van der Waals surface area contributed by atoms with Crippen LogP contribution in [0.25, 0.3) is 0 Å². The Kier molecular flexibility index (Phi) is 5.58. The lowest BCUT2D eigenvalue weighted by Gasteiger charge is -2.38. The molecule has 1 saturated heterocycles. The predicted molar refractivity (Wildman–Crippen MR) is 87.6 cm³/mol. The molecule has 1 atom stereocenters. The molecule has 0 spiro atoms. The Bertz CT molecular complexity index is 569. The third-order valence-electron chi connectivity index (χ3n) is 4.08. The number of anilines is 1.